The number of aliphatic hydroxyl groups excluding tert-OH is 1. The normalized spacial score (nSPS) is 20.4. The van der Waals surface area contributed by atoms with Gasteiger partial charge in [-0.25, -0.2) is 4.79 Å². The van der Waals surface area contributed by atoms with Crippen LogP contribution in [-0.2, 0) is 9.53 Å². The molecule has 0 spiro atoms. The van der Waals surface area contributed by atoms with Crippen molar-refractivity contribution in [2.24, 2.45) is 5.92 Å². The molecule has 0 aromatic rings. The van der Waals surface area contributed by atoms with Crippen LogP contribution in [-0.4, -0.2) is 52.1 Å². The minimum Gasteiger partial charge on any atom is -0.481 e. The highest BCUT2D eigenvalue weighted by molar-refractivity contribution is 5.69. The summed E-state index contributed by atoms with van der Waals surface area (Å²) in [5.41, 5.74) is -0.636. The molecular weight excluding hydrogens is 396 g/mol. The highest BCUT2D eigenvalue weighted by Crippen LogP contribution is 2.22. The minimum atomic E-state index is -1.14. The number of aliphatic carboxylic acids is 1. The average molecular weight is 443 g/mol. The minimum absolute atomic E-state index is 0.105. The number of hydrogen-bond donors (Lipinski definition) is 4. The van der Waals surface area contributed by atoms with Crippen LogP contribution in [0.2, 0.25) is 0 Å². The maximum absolute atomic E-state index is 11.6. The van der Waals surface area contributed by atoms with Gasteiger partial charge in [-0.05, 0) is 52.4 Å². The first-order valence-electron chi connectivity index (χ1n) is 12.1. The van der Waals surface area contributed by atoms with E-state index in [0.717, 1.165) is 12.1 Å². The molecule has 0 aliphatic heterocycles. The highest BCUT2D eigenvalue weighted by Gasteiger charge is 2.28. The van der Waals surface area contributed by atoms with Crippen LogP contribution in [0.4, 0.5) is 4.79 Å². The lowest BCUT2D eigenvalue weighted by Gasteiger charge is -2.30. The molecule has 2 aliphatic rings. The Kier molecular flexibility index (Phi) is 12.5. The molecule has 7 heteroatoms. The first-order chi connectivity index (χ1) is 14.5. The second kappa shape index (κ2) is 13.9. The molecule has 7 nitrogen and oxygen atoms in total. The third-order valence-electron chi connectivity index (χ3n) is 5.88. The molecule has 0 heterocycles. The van der Waals surface area contributed by atoms with Gasteiger partial charge in [0.15, 0.2) is 0 Å². The predicted octanol–water partition coefficient (Wildman–Crippen LogP) is 4.61. The number of carboxylic acid groups (broad SMARTS) is 1. The van der Waals surface area contributed by atoms with Crippen LogP contribution in [0.25, 0.3) is 0 Å². The summed E-state index contributed by atoms with van der Waals surface area (Å²) in [6, 6.07) is 1.09. The second-order valence-corrected chi connectivity index (χ2v) is 10.4. The Morgan fingerprint density at radius 1 is 0.935 bits per heavy atom. The van der Waals surface area contributed by atoms with Gasteiger partial charge in [-0.2, -0.15) is 0 Å². The van der Waals surface area contributed by atoms with E-state index in [0.29, 0.717) is 0 Å². The molecule has 31 heavy (non-hydrogen) atoms. The molecule has 1 amide bonds. The van der Waals surface area contributed by atoms with Gasteiger partial charge in [-0.3, -0.25) is 4.79 Å². The number of nitrogens with one attached hydrogen (secondary N) is 2. The fourth-order valence-corrected chi connectivity index (χ4v) is 4.33. The van der Waals surface area contributed by atoms with Crippen LogP contribution in [0.3, 0.4) is 0 Å². The Morgan fingerprint density at radius 3 is 1.74 bits per heavy atom. The highest BCUT2D eigenvalue weighted by atomic mass is 16.6. The van der Waals surface area contributed by atoms with Crippen molar-refractivity contribution >= 4 is 12.1 Å². The van der Waals surface area contributed by atoms with Gasteiger partial charge in [0.1, 0.15) is 5.60 Å². The molecule has 0 aromatic heterocycles. The van der Waals surface area contributed by atoms with E-state index in [1.165, 1.54) is 64.2 Å². The monoisotopic (exact) mass is 442 g/mol. The van der Waals surface area contributed by atoms with Crippen molar-refractivity contribution in [3.05, 3.63) is 0 Å². The molecule has 4 N–H and O–H groups in total. The summed E-state index contributed by atoms with van der Waals surface area (Å²) < 4.78 is 5.06. The lowest BCUT2D eigenvalue weighted by atomic mass is 9.91. The summed E-state index contributed by atoms with van der Waals surface area (Å²) in [5, 5.41) is 24.7. The number of alkyl carbamates (subject to hydrolysis) is 1. The smallest absolute Gasteiger partial charge is 0.407 e. The van der Waals surface area contributed by atoms with Gasteiger partial charge in [0.2, 0.25) is 0 Å². The predicted molar refractivity (Wildman–Crippen MR) is 123 cm³/mol. The Bertz CT molecular complexity index is 505. The van der Waals surface area contributed by atoms with Crippen molar-refractivity contribution in [1.82, 2.24) is 10.6 Å². The number of amides is 1. The van der Waals surface area contributed by atoms with Gasteiger partial charge in [0.05, 0.1) is 18.6 Å². The second-order valence-electron chi connectivity index (χ2n) is 10.4. The lowest BCUT2D eigenvalue weighted by Crippen LogP contribution is -2.49. The number of carboxylic acids is 1. The summed E-state index contributed by atoms with van der Waals surface area (Å²) in [7, 11) is 0. The number of rotatable bonds is 7. The van der Waals surface area contributed by atoms with Crippen molar-refractivity contribution in [3.8, 4) is 0 Å². The van der Waals surface area contributed by atoms with Crippen molar-refractivity contribution in [2.75, 3.05) is 0 Å². The third-order valence-corrected chi connectivity index (χ3v) is 5.88. The maximum Gasteiger partial charge on any atom is 0.407 e. The molecular formula is C24H46N2O5. The van der Waals surface area contributed by atoms with Crippen molar-refractivity contribution in [2.45, 2.75) is 135 Å². The van der Waals surface area contributed by atoms with Crippen LogP contribution in [0, 0.1) is 5.92 Å². The van der Waals surface area contributed by atoms with Crippen molar-refractivity contribution in [1.29, 1.82) is 0 Å². The summed E-state index contributed by atoms with van der Waals surface area (Å²) in [6.45, 7) is 8.75. The number of carbonyl (C=O) groups excluding carboxylic acids is 1. The van der Waals surface area contributed by atoms with Gasteiger partial charge < -0.3 is 25.6 Å². The summed E-state index contributed by atoms with van der Waals surface area (Å²) in [4.78, 5) is 22.1. The first kappa shape index (κ1) is 27.7. The van der Waals surface area contributed by atoms with E-state index in [1.807, 2.05) is 0 Å². The molecule has 182 valence electrons. The number of aliphatic hydroxyl groups is 1. The van der Waals surface area contributed by atoms with Gasteiger partial charge in [-0.1, -0.05) is 52.4 Å². The number of hydrogen-bond acceptors (Lipinski definition) is 5. The fourth-order valence-electron chi connectivity index (χ4n) is 4.33. The van der Waals surface area contributed by atoms with Crippen LogP contribution >= 0.6 is 0 Å². The topological polar surface area (TPSA) is 108 Å². The Labute approximate surface area is 188 Å². The molecule has 2 fully saturated rings. The zero-order valence-corrected chi connectivity index (χ0v) is 20.3. The Balaban J connectivity index is 0.000000323. The molecule has 0 aromatic carbocycles. The third kappa shape index (κ3) is 13.0. The molecule has 0 bridgehead atoms. The lowest BCUT2D eigenvalue weighted by molar-refractivity contribution is -0.139. The van der Waals surface area contributed by atoms with E-state index in [9.17, 15) is 14.7 Å². The van der Waals surface area contributed by atoms with E-state index in [4.69, 9.17) is 9.84 Å². The van der Waals surface area contributed by atoms with E-state index >= 15 is 0 Å². The number of ether oxygens (including phenoxy) is 1. The van der Waals surface area contributed by atoms with Crippen LogP contribution in [0.5, 0.6) is 0 Å². The van der Waals surface area contributed by atoms with E-state index in [2.05, 4.69) is 10.6 Å². The first-order valence-corrected chi connectivity index (χ1v) is 12.1. The van der Waals surface area contributed by atoms with E-state index in [-0.39, 0.29) is 5.92 Å². The molecule has 2 atom stereocenters. The Hall–Kier alpha value is -1.34. The van der Waals surface area contributed by atoms with Crippen LogP contribution in [0.1, 0.15) is 105 Å². The van der Waals surface area contributed by atoms with Crippen LogP contribution < -0.4 is 10.6 Å². The summed E-state index contributed by atoms with van der Waals surface area (Å²) in [5.74, 6) is -1.22. The molecule has 2 rings (SSSR count). The standard InChI is InChI=1S/C12H23NO5.C12H23N/c1-7(2)10(8(14)6-9(15)16)13-11(17)18-12(3,4)5;1-3-7-11(8-4-1)13-12-9-5-2-6-10-12/h7-8,10,14H,6H2,1-5H3,(H,13,17)(H,15,16);11-13H,1-10H2/t8-,10-;/m0./s1. The molecule has 2 aliphatic carbocycles. The molecule has 0 saturated heterocycles. The molecule has 2 saturated carbocycles. The largest absolute Gasteiger partial charge is 0.481 e. The van der Waals surface area contributed by atoms with Crippen molar-refractivity contribution in [3.63, 3.8) is 0 Å². The van der Waals surface area contributed by atoms with Gasteiger partial charge in [0.25, 0.3) is 0 Å². The zero-order valence-electron chi connectivity index (χ0n) is 20.3. The summed E-state index contributed by atoms with van der Waals surface area (Å²) in [6.07, 6.45) is 12.3. The average Bonchev–Trinajstić information content (AvgIpc) is 2.66. The molecule has 0 radical (unpaired) electrons. The Morgan fingerprint density at radius 2 is 1.39 bits per heavy atom. The zero-order chi connectivity index (χ0) is 23.4. The molecule has 0 unspecified atom stereocenters. The summed E-state index contributed by atoms with van der Waals surface area (Å²) >= 11 is 0. The fraction of sp³-hybridized carbons (Fsp3) is 0.917. The SMILES string of the molecule is C1CCC(NC2CCCCC2)CC1.CC(C)[C@H](NC(=O)OC(C)(C)C)[C@@H](O)CC(=O)O. The van der Waals surface area contributed by atoms with E-state index < -0.39 is 36.2 Å². The van der Waals surface area contributed by atoms with Gasteiger partial charge in [0, 0.05) is 12.1 Å². The van der Waals surface area contributed by atoms with Crippen molar-refractivity contribution < 1.29 is 24.5 Å². The maximum atomic E-state index is 11.6. The van der Waals surface area contributed by atoms with Gasteiger partial charge in [-0.15, -0.1) is 0 Å². The number of carbonyl (C=O) groups is 2. The van der Waals surface area contributed by atoms with E-state index in [1.54, 1.807) is 34.6 Å². The quantitative estimate of drug-likeness (QED) is 0.458. The van der Waals surface area contributed by atoms with Crippen LogP contribution in [0.15, 0.2) is 0 Å². The van der Waals surface area contributed by atoms with Gasteiger partial charge >= 0.3 is 12.1 Å².